The molecule has 104 valence electrons. The molecule has 19 heavy (non-hydrogen) atoms. The fourth-order valence-electron chi connectivity index (χ4n) is 1.24. The van der Waals surface area contributed by atoms with Crippen molar-refractivity contribution < 1.29 is 4.21 Å². The molecule has 0 saturated carbocycles. The minimum atomic E-state index is -1.27. The third-order valence-electron chi connectivity index (χ3n) is 2.12. The van der Waals surface area contributed by atoms with Gasteiger partial charge in [0.25, 0.3) is 0 Å². The Morgan fingerprint density at radius 2 is 2.05 bits per heavy atom. The van der Waals surface area contributed by atoms with Gasteiger partial charge in [-0.3, -0.25) is 0 Å². The summed E-state index contributed by atoms with van der Waals surface area (Å²) < 4.78 is 15.1. The summed E-state index contributed by atoms with van der Waals surface area (Å²) in [6.45, 7) is 11.4. The van der Waals surface area contributed by atoms with Crippen LogP contribution in [0.15, 0.2) is 46.3 Å². The molecule has 0 spiro atoms. The van der Waals surface area contributed by atoms with Gasteiger partial charge in [-0.2, -0.15) is 0 Å². The standard InChI is InChI=1S/C14H21N3OS/c1-10(2)13(15)16-11-7-6-8-12(9-11)19(18)17-14(3,4)5/h6-9,17H,1H2,2-5H3,(H2,15,16). The van der Waals surface area contributed by atoms with E-state index < -0.39 is 11.0 Å². The molecular formula is C14H21N3OS. The van der Waals surface area contributed by atoms with E-state index in [-0.39, 0.29) is 5.54 Å². The molecule has 1 aromatic rings. The first-order valence-electron chi connectivity index (χ1n) is 5.99. The highest BCUT2D eigenvalue weighted by atomic mass is 32.2. The van der Waals surface area contributed by atoms with Gasteiger partial charge in [-0.15, -0.1) is 0 Å². The molecule has 0 heterocycles. The van der Waals surface area contributed by atoms with Crippen molar-refractivity contribution in [2.45, 2.75) is 38.1 Å². The van der Waals surface area contributed by atoms with Gasteiger partial charge in [0.15, 0.2) is 0 Å². The third-order valence-corrected chi connectivity index (χ3v) is 3.60. The van der Waals surface area contributed by atoms with Crippen molar-refractivity contribution in [2.24, 2.45) is 10.7 Å². The van der Waals surface area contributed by atoms with E-state index in [1.807, 2.05) is 32.9 Å². The van der Waals surface area contributed by atoms with Crippen LogP contribution in [0.25, 0.3) is 0 Å². The summed E-state index contributed by atoms with van der Waals surface area (Å²) in [6.07, 6.45) is 0. The number of nitrogens with one attached hydrogen (secondary N) is 1. The Morgan fingerprint density at radius 3 is 2.58 bits per heavy atom. The molecule has 1 unspecified atom stereocenters. The van der Waals surface area contributed by atoms with Gasteiger partial charge < -0.3 is 5.73 Å². The molecule has 0 saturated heterocycles. The van der Waals surface area contributed by atoms with Crippen LogP contribution < -0.4 is 10.5 Å². The van der Waals surface area contributed by atoms with Crippen molar-refractivity contribution >= 4 is 22.5 Å². The van der Waals surface area contributed by atoms with Gasteiger partial charge in [0.2, 0.25) is 0 Å². The second-order valence-corrected chi connectivity index (χ2v) is 6.61. The Labute approximate surface area is 117 Å². The van der Waals surface area contributed by atoms with Crippen LogP contribution in [0.2, 0.25) is 0 Å². The van der Waals surface area contributed by atoms with Gasteiger partial charge in [-0.25, -0.2) is 13.9 Å². The lowest BCUT2D eigenvalue weighted by molar-refractivity contribution is 0.519. The Balaban J connectivity index is 2.98. The maximum absolute atomic E-state index is 12.1. The minimum absolute atomic E-state index is 0.221. The van der Waals surface area contributed by atoms with E-state index in [9.17, 15) is 4.21 Å². The maximum Gasteiger partial charge on any atom is 0.126 e. The van der Waals surface area contributed by atoms with E-state index >= 15 is 0 Å². The maximum atomic E-state index is 12.1. The number of hydrogen-bond donors (Lipinski definition) is 2. The smallest absolute Gasteiger partial charge is 0.126 e. The molecule has 0 aliphatic heterocycles. The Kier molecular flexibility index (Phi) is 5.03. The van der Waals surface area contributed by atoms with Crippen molar-refractivity contribution in [2.75, 3.05) is 0 Å². The van der Waals surface area contributed by atoms with E-state index in [1.54, 1.807) is 19.1 Å². The highest BCUT2D eigenvalue weighted by Crippen LogP contribution is 2.18. The number of hydrogen-bond acceptors (Lipinski definition) is 2. The van der Waals surface area contributed by atoms with Gasteiger partial charge in [0.1, 0.15) is 16.8 Å². The second kappa shape index (κ2) is 6.12. The van der Waals surface area contributed by atoms with Crippen LogP contribution >= 0.6 is 0 Å². The van der Waals surface area contributed by atoms with Crippen LogP contribution in [0.3, 0.4) is 0 Å². The third kappa shape index (κ3) is 5.36. The lowest BCUT2D eigenvalue weighted by Crippen LogP contribution is -2.37. The molecule has 1 atom stereocenters. The molecule has 1 rings (SSSR count). The molecule has 0 bridgehead atoms. The monoisotopic (exact) mass is 279 g/mol. The van der Waals surface area contributed by atoms with E-state index in [0.29, 0.717) is 22.0 Å². The molecule has 0 aliphatic carbocycles. The fraction of sp³-hybridized carbons (Fsp3) is 0.357. The van der Waals surface area contributed by atoms with Crippen molar-refractivity contribution in [1.82, 2.24) is 4.72 Å². The minimum Gasteiger partial charge on any atom is -0.383 e. The summed E-state index contributed by atoms with van der Waals surface area (Å²) in [6, 6.07) is 7.17. The summed E-state index contributed by atoms with van der Waals surface area (Å²) >= 11 is 0. The van der Waals surface area contributed by atoms with Gasteiger partial charge in [-0.1, -0.05) is 12.6 Å². The zero-order valence-corrected chi connectivity index (χ0v) is 12.7. The lowest BCUT2D eigenvalue weighted by atomic mass is 10.1. The average Bonchev–Trinajstić information content (AvgIpc) is 2.27. The zero-order chi connectivity index (χ0) is 14.6. The number of benzene rings is 1. The molecule has 0 aromatic heterocycles. The highest BCUT2D eigenvalue weighted by Gasteiger charge is 2.14. The van der Waals surface area contributed by atoms with Crippen molar-refractivity contribution in [3.8, 4) is 0 Å². The average molecular weight is 279 g/mol. The summed E-state index contributed by atoms with van der Waals surface area (Å²) in [5, 5.41) is 0. The summed E-state index contributed by atoms with van der Waals surface area (Å²) in [5.74, 6) is 0.381. The number of aliphatic imine (C=N–C) groups is 1. The van der Waals surface area contributed by atoms with Crippen molar-refractivity contribution in [3.05, 3.63) is 36.4 Å². The number of amidine groups is 1. The first kappa shape index (κ1) is 15.6. The Morgan fingerprint density at radius 1 is 1.42 bits per heavy atom. The van der Waals surface area contributed by atoms with Crippen LogP contribution in [0.4, 0.5) is 5.69 Å². The summed E-state index contributed by atoms with van der Waals surface area (Å²) in [5.41, 5.74) is 6.89. The zero-order valence-electron chi connectivity index (χ0n) is 11.9. The first-order valence-corrected chi connectivity index (χ1v) is 7.14. The SMILES string of the molecule is C=C(C)C(N)=Nc1cccc(S(=O)NC(C)(C)C)c1. The molecule has 3 N–H and O–H groups in total. The van der Waals surface area contributed by atoms with Crippen LogP contribution in [-0.4, -0.2) is 15.6 Å². The number of rotatable bonds is 4. The van der Waals surface area contributed by atoms with Crippen molar-refractivity contribution in [3.63, 3.8) is 0 Å². The van der Waals surface area contributed by atoms with Gasteiger partial charge in [0.05, 0.1) is 10.6 Å². The van der Waals surface area contributed by atoms with Crippen LogP contribution in [0.5, 0.6) is 0 Å². The fourth-order valence-corrected chi connectivity index (χ4v) is 2.34. The molecule has 4 nitrogen and oxygen atoms in total. The summed E-state index contributed by atoms with van der Waals surface area (Å²) in [4.78, 5) is 4.90. The van der Waals surface area contributed by atoms with E-state index in [0.717, 1.165) is 0 Å². The molecule has 0 fully saturated rings. The van der Waals surface area contributed by atoms with Gasteiger partial charge >= 0.3 is 0 Å². The largest absolute Gasteiger partial charge is 0.383 e. The predicted octanol–water partition coefficient (Wildman–Crippen LogP) is 2.66. The molecule has 0 aliphatic rings. The lowest BCUT2D eigenvalue weighted by Gasteiger charge is -2.19. The Bertz CT molecular complexity index is 530. The van der Waals surface area contributed by atoms with Crippen LogP contribution in [0.1, 0.15) is 27.7 Å². The van der Waals surface area contributed by atoms with Crippen LogP contribution in [-0.2, 0) is 11.0 Å². The van der Waals surface area contributed by atoms with E-state index in [2.05, 4.69) is 16.3 Å². The van der Waals surface area contributed by atoms with Crippen LogP contribution in [0, 0.1) is 0 Å². The number of nitrogens with zero attached hydrogens (tertiary/aromatic N) is 1. The number of nitrogens with two attached hydrogens (primary N) is 1. The molecular weight excluding hydrogens is 258 g/mol. The predicted molar refractivity (Wildman–Crippen MR) is 81.8 cm³/mol. The van der Waals surface area contributed by atoms with Gasteiger partial charge in [-0.05, 0) is 51.5 Å². The van der Waals surface area contributed by atoms with E-state index in [4.69, 9.17) is 5.73 Å². The molecule has 0 radical (unpaired) electrons. The quantitative estimate of drug-likeness (QED) is 0.657. The van der Waals surface area contributed by atoms with Crippen molar-refractivity contribution in [1.29, 1.82) is 0 Å². The Hall–Kier alpha value is -1.46. The molecule has 1 aromatic carbocycles. The normalized spacial score (nSPS) is 14.2. The van der Waals surface area contributed by atoms with E-state index in [1.165, 1.54) is 0 Å². The molecule has 0 amide bonds. The topological polar surface area (TPSA) is 67.5 Å². The highest BCUT2D eigenvalue weighted by molar-refractivity contribution is 7.83. The second-order valence-electron chi connectivity index (χ2n) is 5.40. The summed E-state index contributed by atoms with van der Waals surface area (Å²) in [7, 11) is -1.27. The first-order chi connectivity index (χ1) is 8.69. The van der Waals surface area contributed by atoms with Gasteiger partial charge in [0, 0.05) is 5.54 Å². The molecule has 5 heteroatoms.